The predicted molar refractivity (Wildman–Crippen MR) is 71.5 cm³/mol. The van der Waals surface area contributed by atoms with E-state index in [9.17, 15) is 0 Å². The lowest BCUT2D eigenvalue weighted by Crippen LogP contribution is -2.09. The number of nitrogens with two attached hydrogens (primary N) is 1. The van der Waals surface area contributed by atoms with Gasteiger partial charge in [0.15, 0.2) is 5.65 Å². The van der Waals surface area contributed by atoms with Crippen LogP contribution in [0.2, 0.25) is 0 Å². The van der Waals surface area contributed by atoms with Crippen molar-refractivity contribution in [1.82, 2.24) is 29.3 Å². The number of nitrogens with zero attached hydrogens (tertiary/aromatic N) is 6. The number of nitrogen functional groups attached to an aromatic ring is 1. The standard InChI is InChI=1S/C12H15N7/c1-7-4-15-9(5-14-7)6-19-11-10(16-12(19)13)8(2)17-18(11)3/h4-5H,6H2,1-3H3,(H2,13,16). The van der Waals surface area contributed by atoms with E-state index < -0.39 is 0 Å². The van der Waals surface area contributed by atoms with Crippen LogP contribution in [0.3, 0.4) is 0 Å². The number of aryl methyl sites for hydroxylation is 3. The van der Waals surface area contributed by atoms with Gasteiger partial charge in [-0.15, -0.1) is 0 Å². The van der Waals surface area contributed by atoms with Crippen LogP contribution in [0.1, 0.15) is 17.1 Å². The maximum atomic E-state index is 5.98. The quantitative estimate of drug-likeness (QED) is 0.734. The molecule has 3 heterocycles. The van der Waals surface area contributed by atoms with Gasteiger partial charge >= 0.3 is 0 Å². The highest BCUT2D eigenvalue weighted by Crippen LogP contribution is 2.20. The Labute approximate surface area is 110 Å². The number of hydrogen-bond donors (Lipinski definition) is 1. The summed E-state index contributed by atoms with van der Waals surface area (Å²) in [6.45, 7) is 4.37. The van der Waals surface area contributed by atoms with E-state index in [4.69, 9.17) is 5.73 Å². The van der Waals surface area contributed by atoms with Gasteiger partial charge in [-0.3, -0.25) is 19.2 Å². The summed E-state index contributed by atoms with van der Waals surface area (Å²) in [6, 6.07) is 0. The Hall–Kier alpha value is -2.44. The summed E-state index contributed by atoms with van der Waals surface area (Å²) in [7, 11) is 1.88. The van der Waals surface area contributed by atoms with Gasteiger partial charge in [-0.2, -0.15) is 5.10 Å². The zero-order valence-electron chi connectivity index (χ0n) is 11.1. The van der Waals surface area contributed by atoms with Crippen molar-refractivity contribution in [2.45, 2.75) is 20.4 Å². The molecule has 0 radical (unpaired) electrons. The molecule has 3 rings (SSSR count). The molecule has 0 aliphatic carbocycles. The Balaban J connectivity index is 2.09. The lowest BCUT2D eigenvalue weighted by atomic mass is 10.4. The highest BCUT2D eigenvalue weighted by atomic mass is 15.3. The van der Waals surface area contributed by atoms with Gasteiger partial charge in [0.1, 0.15) is 5.52 Å². The first-order valence-electron chi connectivity index (χ1n) is 5.99. The Bertz CT molecular complexity index is 736. The van der Waals surface area contributed by atoms with Crippen molar-refractivity contribution >= 4 is 17.1 Å². The molecule has 0 amide bonds. The summed E-state index contributed by atoms with van der Waals surface area (Å²) in [6.07, 6.45) is 3.50. The first kappa shape index (κ1) is 11.6. The van der Waals surface area contributed by atoms with Crippen molar-refractivity contribution in [3.63, 3.8) is 0 Å². The Morgan fingerprint density at radius 1 is 1.21 bits per heavy atom. The van der Waals surface area contributed by atoms with Gasteiger partial charge in [-0.1, -0.05) is 0 Å². The molecule has 0 aliphatic rings. The van der Waals surface area contributed by atoms with Gasteiger partial charge in [0.05, 0.1) is 29.8 Å². The van der Waals surface area contributed by atoms with Crippen LogP contribution < -0.4 is 5.73 Å². The van der Waals surface area contributed by atoms with Gasteiger partial charge in [0.2, 0.25) is 5.95 Å². The number of fused-ring (bicyclic) bond motifs is 1. The third-order valence-corrected chi connectivity index (χ3v) is 3.07. The topological polar surface area (TPSA) is 87.4 Å². The molecule has 0 atom stereocenters. The Morgan fingerprint density at radius 2 is 2.00 bits per heavy atom. The molecule has 0 saturated heterocycles. The molecule has 19 heavy (non-hydrogen) atoms. The summed E-state index contributed by atoms with van der Waals surface area (Å²) in [5.41, 5.74) is 10.3. The zero-order chi connectivity index (χ0) is 13.6. The van der Waals surface area contributed by atoms with Gasteiger partial charge in [-0.25, -0.2) is 4.98 Å². The Kier molecular flexibility index (Phi) is 2.48. The van der Waals surface area contributed by atoms with Gasteiger partial charge in [0.25, 0.3) is 0 Å². The molecule has 0 saturated carbocycles. The zero-order valence-corrected chi connectivity index (χ0v) is 11.1. The molecule has 0 aromatic carbocycles. The van der Waals surface area contributed by atoms with E-state index in [-0.39, 0.29) is 0 Å². The van der Waals surface area contributed by atoms with Gasteiger partial charge in [0, 0.05) is 13.2 Å². The van der Waals surface area contributed by atoms with Crippen molar-refractivity contribution in [3.05, 3.63) is 29.5 Å². The summed E-state index contributed by atoms with van der Waals surface area (Å²) in [5.74, 6) is 0.466. The molecule has 3 aromatic heterocycles. The molecule has 0 aliphatic heterocycles. The van der Waals surface area contributed by atoms with Crippen LogP contribution in [0.25, 0.3) is 11.2 Å². The van der Waals surface area contributed by atoms with Crippen LogP contribution in [-0.4, -0.2) is 29.3 Å². The van der Waals surface area contributed by atoms with Crippen molar-refractivity contribution < 1.29 is 0 Å². The third-order valence-electron chi connectivity index (χ3n) is 3.07. The molecule has 7 heteroatoms. The van der Waals surface area contributed by atoms with E-state index in [0.717, 1.165) is 28.2 Å². The number of rotatable bonds is 2. The maximum absolute atomic E-state index is 5.98. The van der Waals surface area contributed by atoms with Crippen molar-refractivity contribution in [2.75, 3.05) is 5.73 Å². The van der Waals surface area contributed by atoms with Crippen LogP contribution in [0.15, 0.2) is 12.4 Å². The first-order valence-corrected chi connectivity index (χ1v) is 5.99. The largest absolute Gasteiger partial charge is 0.369 e. The highest BCUT2D eigenvalue weighted by molar-refractivity contribution is 5.77. The SMILES string of the molecule is Cc1cnc(Cn2c(N)nc3c(C)nn(C)c32)cn1. The highest BCUT2D eigenvalue weighted by Gasteiger charge is 2.16. The second-order valence-electron chi connectivity index (χ2n) is 4.59. The minimum atomic E-state index is 0.466. The average Bonchev–Trinajstić information content (AvgIpc) is 2.82. The molecule has 0 unspecified atom stereocenters. The van der Waals surface area contributed by atoms with E-state index in [0.29, 0.717) is 12.5 Å². The van der Waals surface area contributed by atoms with Crippen molar-refractivity contribution in [3.8, 4) is 0 Å². The smallest absolute Gasteiger partial charge is 0.202 e. The van der Waals surface area contributed by atoms with Crippen molar-refractivity contribution in [1.29, 1.82) is 0 Å². The molecule has 98 valence electrons. The van der Waals surface area contributed by atoms with Crippen LogP contribution in [-0.2, 0) is 13.6 Å². The van der Waals surface area contributed by atoms with E-state index in [1.165, 1.54) is 0 Å². The van der Waals surface area contributed by atoms with E-state index in [2.05, 4.69) is 20.1 Å². The normalized spacial score (nSPS) is 11.3. The first-order chi connectivity index (χ1) is 9.06. The van der Waals surface area contributed by atoms with Gasteiger partial charge < -0.3 is 5.73 Å². The summed E-state index contributed by atoms with van der Waals surface area (Å²) >= 11 is 0. The number of imidazole rings is 1. The number of aromatic nitrogens is 6. The second-order valence-corrected chi connectivity index (χ2v) is 4.59. The minimum Gasteiger partial charge on any atom is -0.369 e. The molecule has 2 N–H and O–H groups in total. The fourth-order valence-corrected chi connectivity index (χ4v) is 2.17. The van der Waals surface area contributed by atoms with Crippen LogP contribution in [0, 0.1) is 13.8 Å². The molecular formula is C12H15N7. The van der Waals surface area contributed by atoms with Crippen LogP contribution in [0.4, 0.5) is 5.95 Å². The monoisotopic (exact) mass is 257 g/mol. The van der Waals surface area contributed by atoms with Crippen LogP contribution >= 0.6 is 0 Å². The number of anilines is 1. The molecule has 0 bridgehead atoms. The predicted octanol–water partition coefficient (Wildman–Crippen LogP) is 0.807. The fourth-order valence-electron chi connectivity index (χ4n) is 2.17. The lowest BCUT2D eigenvalue weighted by molar-refractivity contribution is 0.716. The molecule has 0 spiro atoms. The van der Waals surface area contributed by atoms with Gasteiger partial charge in [-0.05, 0) is 13.8 Å². The van der Waals surface area contributed by atoms with Crippen molar-refractivity contribution in [2.24, 2.45) is 7.05 Å². The summed E-state index contributed by atoms with van der Waals surface area (Å²) in [5, 5.41) is 4.35. The molecule has 0 fully saturated rings. The molecular weight excluding hydrogens is 242 g/mol. The minimum absolute atomic E-state index is 0.466. The van der Waals surface area contributed by atoms with E-state index >= 15 is 0 Å². The number of hydrogen-bond acceptors (Lipinski definition) is 5. The fraction of sp³-hybridized carbons (Fsp3) is 0.333. The summed E-state index contributed by atoms with van der Waals surface area (Å²) in [4.78, 5) is 12.9. The summed E-state index contributed by atoms with van der Waals surface area (Å²) < 4.78 is 3.68. The van der Waals surface area contributed by atoms with E-state index in [1.807, 2.05) is 25.5 Å². The third kappa shape index (κ3) is 1.83. The van der Waals surface area contributed by atoms with Crippen LogP contribution in [0.5, 0.6) is 0 Å². The lowest BCUT2D eigenvalue weighted by Gasteiger charge is -2.06. The average molecular weight is 257 g/mol. The maximum Gasteiger partial charge on any atom is 0.202 e. The molecule has 3 aromatic rings. The molecule has 7 nitrogen and oxygen atoms in total. The second kappa shape index (κ2) is 4.04. The van der Waals surface area contributed by atoms with E-state index in [1.54, 1.807) is 17.1 Å². The Morgan fingerprint density at radius 3 is 2.68 bits per heavy atom.